The van der Waals surface area contributed by atoms with Gasteiger partial charge in [0.15, 0.2) is 0 Å². The number of benzene rings is 1. The molecule has 1 aromatic rings. The van der Waals surface area contributed by atoms with Crippen LogP contribution in [0.3, 0.4) is 0 Å². The van der Waals surface area contributed by atoms with Crippen molar-refractivity contribution >= 4 is 15.9 Å². The Labute approximate surface area is 142 Å². The van der Waals surface area contributed by atoms with Crippen LogP contribution in [0.5, 0.6) is 0 Å². The normalized spacial score (nSPS) is 19.2. The molecule has 0 aromatic heterocycles. The van der Waals surface area contributed by atoms with Gasteiger partial charge in [0.1, 0.15) is 0 Å². The number of halogens is 3. The first kappa shape index (κ1) is 19.6. The van der Waals surface area contributed by atoms with Crippen LogP contribution in [0.25, 0.3) is 0 Å². The van der Waals surface area contributed by atoms with Crippen LogP contribution in [-0.2, 0) is 6.54 Å². The summed E-state index contributed by atoms with van der Waals surface area (Å²) < 4.78 is 27.4. The second kappa shape index (κ2) is 8.97. The highest BCUT2D eigenvalue weighted by Crippen LogP contribution is 2.30. The van der Waals surface area contributed by atoms with E-state index in [9.17, 15) is 8.78 Å². The molecule has 0 radical (unpaired) electrons. The molecule has 1 nitrogen and oxygen atoms in total. The van der Waals surface area contributed by atoms with Crippen molar-refractivity contribution in [2.75, 3.05) is 13.1 Å². The number of hydrogen-bond acceptors (Lipinski definition) is 1. The van der Waals surface area contributed by atoms with Gasteiger partial charge < -0.3 is 0 Å². The molecule has 1 saturated heterocycles. The molecule has 2 rings (SSSR count). The van der Waals surface area contributed by atoms with Crippen molar-refractivity contribution in [3.05, 3.63) is 33.8 Å². The molecule has 1 fully saturated rings. The molecule has 22 heavy (non-hydrogen) atoms. The monoisotopic (exact) mass is 375 g/mol. The highest BCUT2D eigenvalue weighted by atomic mass is 79.9. The molecule has 1 aromatic carbocycles. The number of nitrogens with zero attached hydrogens (tertiary/aromatic N) is 1. The van der Waals surface area contributed by atoms with Gasteiger partial charge in [-0.1, -0.05) is 55.8 Å². The lowest BCUT2D eigenvalue weighted by Gasteiger charge is -2.31. The van der Waals surface area contributed by atoms with Crippen LogP contribution in [0.15, 0.2) is 22.7 Å². The first-order valence-corrected chi connectivity index (χ1v) is 9.09. The Bertz CT molecular complexity index is 452. The van der Waals surface area contributed by atoms with Gasteiger partial charge in [0, 0.05) is 36.9 Å². The summed E-state index contributed by atoms with van der Waals surface area (Å²) in [6, 6.07) is 6.42. The van der Waals surface area contributed by atoms with Crippen LogP contribution in [0.2, 0.25) is 0 Å². The van der Waals surface area contributed by atoms with Crippen LogP contribution in [0.1, 0.15) is 64.0 Å². The quantitative estimate of drug-likeness (QED) is 0.603. The highest BCUT2D eigenvalue weighted by molar-refractivity contribution is 9.10. The van der Waals surface area contributed by atoms with Crippen LogP contribution in [0.4, 0.5) is 8.78 Å². The van der Waals surface area contributed by atoms with Gasteiger partial charge in [0.2, 0.25) is 0 Å². The largest absolute Gasteiger partial charge is 0.299 e. The molecule has 0 spiro atoms. The van der Waals surface area contributed by atoms with Gasteiger partial charge in [-0.15, -0.1) is 0 Å². The Morgan fingerprint density at radius 3 is 2.32 bits per heavy atom. The molecule has 0 amide bonds. The topological polar surface area (TPSA) is 3.24 Å². The first-order chi connectivity index (χ1) is 10.4. The Kier molecular flexibility index (Phi) is 7.98. The molecule has 1 unspecified atom stereocenters. The van der Waals surface area contributed by atoms with E-state index >= 15 is 0 Å². The Morgan fingerprint density at radius 2 is 1.82 bits per heavy atom. The Hall–Kier alpha value is -0.480. The summed E-state index contributed by atoms with van der Waals surface area (Å²) >= 11 is 3.63. The van der Waals surface area contributed by atoms with Gasteiger partial charge in [0.25, 0.3) is 5.92 Å². The second-order valence-corrected chi connectivity index (χ2v) is 6.65. The van der Waals surface area contributed by atoms with E-state index < -0.39 is 5.92 Å². The molecule has 0 bridgehead atoms. The fraction of sp³-hybridized carbons (Fsp3) is 0.667. The van der Waals surface area contributed by atoms with Gasteiger partial charge in [-0.3, -0.25) is 4.90 Å². The lowest BCUT2D eigenvalue weighted by atomic mass is 9.97. The third kappa shape index (κ3) is 5.62. The van der Waals surface area contributed by atoms with Gasteiger partial charge in [-0.2, -0.15) is 0 Å². The average Bonchev–Trinajstić information content (AvgIpc) is 2.51. The van der Waals surface area contributed by atoms with Gasteiger partial charge in [-0.05, 0) is 29.5 Å². The summed E-state index contributed by atoms with van der Waals surface area (Å²) in [5.41, 5.74) is 2.51. The zero-order valence-corrected chi connectivity index (χ0v) is 15.7. The summed E-state index contributed by atoms with van der Waals surface area (Å²) in [6.45, 7) is 10.1. The summed E-state index contributed by atoms with van der Waals surface area (Å²) in [4.78, 5) is 2.11. The van der Waals surface area contributed by atoms with Crippen molar-refractivity contribution < 1.29 is 8.78 Å². The Morgan fingerprint density at radius 1 is 1.23 bits per heavy atom. The van der Waals surface area contributed by atoms with E-state index in [2.05, 4.69) is 52.9 Å². The summed E-state index contributed by atoms with van der Waals surface area (Å²) in [6.07, 6.45) is 1.08. The smallest absolute Gasteiger partial charge is 0.250 e. The van der Waals surface area contributed by atoms with Gasteiger partial charge >= 0.3 is 0 Å². The molecule has 0 N–H and O–H groups in total. The molecule has 1 aliphatic rings. The summed E-state index contributed by atoms with van der Waals surface area (Å²) in [5, 5.41) is 0. The molecule has 1 aliphatic heterocycles. The van der Waals surface area contributed by atoms with Crippen molar-refractivity contribution in [2.24, 2.45) is 0 Å². The number of piperidine rings is 1. The minimum absolute atomic E-state index is 0.0148. The molecule has 1 atom stereocenters. The van der Waals surface area contributed by atoms with Crippen molar-refractivity contribution in [1.82, 2.24) is 4.90 Å². The van der Waals surface area contributed by atoms with E-state index in [1.807, 2.05) is 13.8 Å². The standard InChI is InChI=1S/C16H22BrF2N.C2H6/c1-3-12(2)14-5-4-13(10-15(14)17)11-20-8-6-16(18,19)7-9-20;1-2/h4-5,10,12H,3,6-9,11H2,1-2H3;1-2H3. The van der Waals surface area contributed by atoms with E-state index in [0.29, 0.717) is 19.0 Å². The second-order valence-electron chi connectivity index (χ2n) is 5.80. The molecular weight excluding hydrogens is 348 g/mol. The van der Waals surface area contributed by atoms with E-state index in [0.717, 1.165) is 17.4 Å². The number of likely N-dealkylation sites (tertiary alicyclic amines) is 1. The third-order valence-electron chi connectivity index (χ3n) is 4.20. The van der Waals surface area contributed by atoms with E-state index in [4.69, 9.17) is 0 Å². The lowest BCUT2D eigenvalue weighted by Crippen LogP contribution is -2.38. The third-order valence-corrected chi connectivity index (χ3v) is 4.89. The summed E-state index contributed by atoms with van der Waals surface area (Å²) in [5.74, 6) is -1.93. The average molecular weight is 376 g/mol. The fourth-order valence-corrected chi connectivity index (χ4v) is 3.40. The molecule has 126 valence electrons. The maximum absolute atomic E-state index is 13.1. The first-order valence-electron chi connectivity index (χ1n) is 8.30. The van der Waals surface area contributed by atoms with Crippen LogP contribution >= 0.6 is 15.9 Å². The van der Waals surface area contributed by atoms with Crippen LogP contribution < -0.4 is 0 Å². The van der Waals surface area contributed by atoms with Crippen molar-refractivity contribution in [2.45, 2.75) is 65.3 Å². The van der Waals surface area contributed by atoms with E-state index in [-0.39, 0.29) is 12.8 Å². The molecule has 4 heteroatoms. The summed E-state index contributed by atoms with van der Waals surface area (Å²) in [7, 11) is 0. The molecular formula is C18H28BrF2N. The predicted molar refractivity (Wildman–Crippen MR) is 93.7 cm³/mol. The van der Waals surface area contributed by atoms with Gasteiger partial charge in [0.05, 0.1) is 0 Å². The maximum atomic E-state index is 13.1. The number of hydrogen-bond donors (Lipinski definition) is 0. The molecule has 0 saturated carbocycles. The Balaban J connectivity index is 0.00000116. The molecule has 0 aliphatic carbocycles. The van der Waals surface area contributed by atoms with Crippen molar-refractivity contribution in [1.29, 1.82) is 0 Å². The highest BCUT2D eigenvalue weighted by Gasteiger charge is 2.33. The van der Waals surface area contributed by atoms with E-state index in [1.165, 1.54) is 11.1 Å². The van der Waals surface area contributed by atoms with E-state index in [1.54, 1.807) is 0 Å². The molecule has 1 heterocycles. The zero-order valence-electron chi connectivity index (χ0n) is 14.1. The minimum Gasteiger partial charge on any atom is -0.299 e. The minimum atomic E-state index is -2.46. The van der Waals surface area contributed by atoms with Crippen molar-refractivity contribution in [3.8, 4) is 0 Å². The van der Waals surface area contributed by atoms with Crippen LogP contribution in [-0.4, -0.2) is 23.9 Å². The van der Waals surface area contributed by atoms with Crippen LogP contribution in [0, 0.1) is 0 Å². The fourth-order valence-electron chi connectivity index (χ4n) is 2.59. The zero-order chi connectivity index (χ0) is 16.8. The van der Waals surface area contributed by atoms with Gasteiger partial charge in [-0.25, -0.2) is 8.78 Å². The van der Waals surface area contributed by atoms with Crippen molar-refractivity contribution in [3.63, 3.8) is 0 Å². The lowest BCUT2D eigenvalue weighted by molar-refractivity contribution is -0.0566. The number of alkyl halides is 2. The number of rotatable bonds is 4. The predicted octanol–water partition coefficient (Wildman–Crippen LogP) is 6.22. The maximum Gasteiger partial charge on any atom is 0.250 e. The SMILES string of the molecule is CC.CCC(C)c1ccc(CN2CCC(F)(F)CC2)cc1Br.